The predicted molar refractivity (Wildman–Crippen MR) is 113 cm³/mol. The molecule has 1 aliphatic rings. The molecular formula is C22H20ClFN4O2. The average Bonchev–Trinajstić information content (AvgIpc) is 2.79. The van der Waals surface area contributed by atoms with Crippen molar-refractivity contribution in [3.63, 3.8) is 0 Å². The van der Waals surface area contributed by atoms with Crippen molar-refractivity contribution in [2.75, 3.05) is 37.7 Å². The van der Waals surface area contributed by atoms with Crippen LogP contribution in [0, 0.1) is 5.82 Å². The maximum absolute atomic E-state index is 12.9. The Kier molecular flexibility index (Phi) is 6.09. The summed E-state index contributed by atoms with van der Waals surface area (Å²) in [6.45, 7) is 2.38. The molecule has 30 heavy (non-hydrogen) atoms. The van der Waals surface area contributed by atoms with Crippen LogP contribution in [0.25, 0.3) is 11.3 Å². The molecule has 2 heterocycles. The van der Waals surface area contributed by atoms with Gasteiger partial charge in [0.2, 0.25) is 0 Å². The number of carbonyl (C=O) groups excluding carboxylic acids is 1. The van der Waals surface area contributed by atoms with E-state index < -0.39 is 0 Å². The highest BCUT2D eigenvalue weighted by molar-refractivity contribution is 6.33. The minimum absolute atomic E-state index is 0.0715. The quantitative estimate of drug-likeness (QED) is 0.623. The molecule has 6 nitrogen and oxygen atoms in total. The third-order valence-corrected chi connectivity index (χ3v) is 5.26. The number of rotatable bonds is 5. The van der Waals surface area contributed by atoms with Crippen LogP contribution in [-0.2, 0) is 4.79 Å². The standard InChI is InChI=1S/C22H20ClFN4O2/c23-19-4-2-1-3-18(19)20-9-10-21(26-25-20)27-11-13-28(14-12-27)22(29)15-30-17-7-5-16(24)6-8-17/h1-10H,11-15H2. The van der Waals surface area contributed by atoms with Crippen LogP contribution >= 0.6 is 11.6 Å². The molecule has 4 rings (SSSR count). The summed E-state index contributed by atoms with van der Waals surface area (Å²) in [5.74, 6) is 0.796. The van der Waals surface area contributed by atoms with Gasteiger partial charge in [0.1, 0.15) is 11.6 Å². The maximum atomic E-state index is 12.9. The predicted octanol–water partition coefficient (Wildman–Crippen LogP) is 3.66. The molecule has 2 aromatic carbocycles. The minimum Gasteiger partial charge on any atom is -0.484 e. The zero-order chi connectivity index (χ0) is 20.9. The van der Waals surface area contributed by atoms with Crippen molar-refractivity contribution in [3.05, 3.63) is 71.5 Å². The number of piperazine rings is 1. The van der Waals surface area contributed by atoms with Gasteiger partial charge in [0, 0.05) is 31.7 Å². The van der Waals surface area contributed by atoms with Crippen molar-refractivity contribution < 1.29 is 13.9 Å². The van der Waals surface area contributed by atoms with Gasteiger partial charge in [-0.05, 0) is 42.5 Å². The van der Waals surface area contributed by atoms with E-state index in [2.05, 4.69) is 15.1 Å². The molecule has 3 aromatic rings. The monoisotopic (exact) mass is 426 g/mol. The highest BCUT2D eigenvalue weighted by Gasteiger charge is 2.22. The van der Waals surface area contributed by atoms with E-state index in [1.54, 1.807) is 4.90 Å². The van der Waals surface area contributed by atoms with Gasteiger partial charge in [0.05, 0.1) is 10.7 Å². The minimum atomic E-state index is -0.340. The van der Waals surface area contributed by atoms with Gasteiger partial charge in [0.25, 0.3) is 5.91 Å². The smallest absolute Gasteiger partial charge is 0.260 e. The number of amides is 1. The Morgan fingerprint density at radius 1 is 0.967 bits per heavy atom. The van der Waals surface area contributed by atoms with Crippen molar-refractivity contribution in [2.45, 2.75) is 0 Å². The molecule has 0 bridgehead atoms. The SMILES string of the molecule is O=C(COc1ccc(F)cc1)N1CCN(c2ccc(-c3ccccc3Cl)nn2)CC1. The Hall–Kier alpha value is -3.19. The molecule has 0 radical (unpaired) electrons. The van der Waals surface area contributed by atoms with E-state index in [0.717, 1.165) is 17.1 Å². The van der Waals surface area contributed by atoms with Gasteiger partial charge >= 0.3 is 0 Å². The van der Waals surface area contributed by atoms with E-state index in [9.17, 15) is 9.18 Å². The summed E-state index contributed by atoms with van der Waals surface area (Å²) >= 11 is 6.22. The Bertz CT molecular complexity index is 1010. The summed E-state index contributed by atoms with van der Waals surface area (Å²) in [4.78, 5) is 16.2. The molecule has 1 amide bonds. The molecule has 1 saturated heterocycles. The number of carbonyl (C=O) groups is 1. The lowest BCUT2D eigenvalue weighted by Crippen LogP contribution is -2.50. The molecule has 0 atom stereocenters. The maximum Gasteiger partial charge on any atom is 0.260 e. The number of halogens is 2. The lowest BCUT2D eigenvalue weighted by atomic mass is 10.1. The van der Waals surface area contributed by atoms with Crippen LogP contribution in [0.15, 0.2) is 60.7 Å². The van der Waals surface area contributed by atoms with Gasteiger partial charge in [-0.15, -0.1) is 10.2 Å². The lowest BCUT2D eigenvalue weighted by Gasteiger charge is -2.35. The third-order valence-electron chi connectivity index (χ3n) is 4.93. The van der Waals surface area contributed by atoms with E-state index in [4.69, 9.17) is 16.3 Å². The van der Waals surface area contributed by atoms with Crippen LogP contribution in [0.4, 0.5) is 10.2 Å². The zero-order valence-electron chi connectivity index (χ0n) is 16.2. The van der Waals surface area contributed by atoms with E-state index in [0.29, 0.717) is 37.0 Å². The first-order valence-corrected chi connectivity index (χ1v) is 9.98. The topological polar surface area (TPSA) is 58.6 Å². The van der Waals surface area contributed by atoms with Crippen LogP contribution in [0.3, 0.4) is 0 Å². The van der Waals surface area contributed by atoms with Crippen molar-refractivity contribution in [1.82, 2.24) is 15.1 Å². The molecule has 0 unspecified atom stereocenters. The van der Waals surface area contributed by atoms with Crippen LogP contribution in [0.2, 0.25) is 5.02 Å². The van der Waals surface area contributed by atoms with Crippen molar-refractivity contribution >= 4 is 23.3 Å². The first kappa shape index (κ1) is 20.1. The van der Waals surface area contributed by atoms with Crippen molar-refractivity contribution in [1.29, 1.82) is 0 Å². The number of nitrogens with zero attached hydrogens (tertiary/aromatic N) is 4. The van der Waals surface area contributed by atoms with Gasteiger partial charge in [-0.25, -0.2) is 4.39 Å². The first-order valence-electron chi connectivity index (χ1n) is 9.60. The molecule has 8 heteroatoms. The van der Waals surface area contributed by atoms with Crippen LogP contribution in [0.1, 0.15) is 0 Å². The third kappa shape index (κ3) is 4.68. The van der Waals surface area contributed by atoms with Crippen LogP contribution < -0.4 is 9.64 Å². The normalized spacial score (nSPS) is 13.9. The second kappa shape index (κ2) is 9.09. The van der Waals surface area contributed by atoms with E-state index >= 15 is 0 Å². The number of anilines is 1. The molecule has 0 spiro atoms. The molecule has 1 fully saturated rings. The molecule has 1 aromatic heterocycles. The fraction of sp³-hybridized carbons (Fsp3) is 0.227. The number of benzene rings is 2. The fourth-order valence-electron chi connectivity index (χ4n) is 3.26. The fourth-order valence-corrected chi connectivity index (χ4v) is 3.49. The summed E-state index contributed by atoms with van der Waals surface area (Å²) in [6, 6.07) is 16.9. The highest BCUT2D eigenvalue weighted by Crippen LogP contribution is 2.26. The summed E-state index contributed by atoms with van der Waals surface area (Å²) in [7, 11) is 0. The summed E-state index contributed by atoms with van der Waals surface area (Å²) in [6.07, 6.45) is 0. The summed E-state index contributed by atoms with van der Waals surface area (Å²) < 4.78 is 18.4. The highest BCUT2D eigenvalue weighted by atomic mass is 35.5. The van der Waals surface area contributed by atoms with Crippen LogP contribution in [-0.4, -0.2) is 53.8 Å². The molecule has 0 N–H and O–H groups in total. The average molecular weight is 427 g/mol. The zero-order valence-corrected chi connectivity index (χ0v) is 16.9. The molecular weight excluding hydrogens is 407 g/mol. The first-order chi connectivity index (χ1) is 14.6. The van der Waals surface area contributed by atoms with Gasteiger partial charge < -0.3 is 14.5 Å². The van der Waals surface area contributed by atoms with E-state index in [1.807, 2.05) is 36.4 Å². The second-order valence-electron chi connectivity index (χ2n) is 6.87. The van der Waals surface area contributed by atoms with E-state index in [-0.39, 0.29) is 18.3 Å². The number of ether oxygens (including phenoxy) is 1. The summed E-state index contributed by atoms with van der Waals surface area (Å²) in [5.41, 5.74) is 1.56. The van der Waals surface area contributed by atoms with Crippen molar-refractivity contribution in [3.8, 4) is 17.0 Å². The van der Waals surface area contributed by atoms with E-state index in [1.165, 1.54) is 24.3 Å². The number of hydrogen-bond acceptors (Lipinski definition) is 5. The van der Waals surface area contributed by atoms with Gasteiger partial charge in [-0.3, -0.25) is 4.79 Å². The van der Waals surface area contributed by atoms with Gasteiger partial charge in [-0.2, -0.15) is 0 Å². The number of hydrogen-bond donors (Lipinski definition) is 0. The largest absolute Gasteiger partial charge is 0.484 e. The van der Waals surface area contributed by atoms with Crippen molar-refractivity contribution in [2.24, 2.45) is 0 Å². The molecule has 1 aliphatic heterocycles. The Balaban J connectivity index is 1.30. The molecule has 0 aliphatic carbocycles. The Labute approximate surface area is 178 Å². The molecule has 0 saturated carbocycles. The Morgan fingerprint density at radius 3 is 2.37 bits per heavy atom. The van der Waals surface area contributed by atoms with Crippen LogP contribution in [0.5, 0.6) is 5.75 Å². The Morgan fingerprint density at radius 2 is 1.70 bits per heavy atom. The summed E-state index contributed by atoms with van der Waals surface area (Å²) in [5, 5.41) is 9.27. The number of aromatic nitrogens is 2. The lowest BCUT2D eigenvalue weighted by molar-refractivity contribution is -0.133. The van der Waals surface area contributed by atoms with Gasteiger partial charge in [-0.1, -0.05) is 29.8 Å². The molecule has 154 valence electrons. The van der Waals surface area contributed by atoms with Gasteiger partial charge in [0.15, 0.2) is 12.4 Å². The second-order valence-corrected chi connectivity index (χ2v) is 7.27.